The molecule has 0 bridgehead atoms. The van der Waals surface area contributed by atoms with Crippen LogP contribution in [0, 0.1) is 0 Å². The Morgan fingerprint density at radius 3 is 0.433 bits per heavy atom. The van der Waals surface area contributed by atoms with Crippen molar-refractivity contribution in [3.8, 4) is 200 Å². The fourth-order valence-corrected chi connectivity index (χ4v) is 15.8. The van der Waals surface area contributed by atoms with Gasteiger partial charge in [-0.05, 0) is 318 Å². The Bertz CT molecular complexity index is 6230. The van der Waals surface area contributed by atoms with E-state index in [4.69, 9.17) is 0 Å². The van der Waals surface area contributed by atoms with Crippen LogP contribution < -0.4 is 0 Å². The Morgan fingerprint density at radius 1 is 0.0917 bits per heavy atom. The lowest BCUT2D eigenvalue weighted by atomic mass is 9.91. The summed E-state index contributed by atoms with van der Waals surface area (Å²) in [7, 11) is 0. The van der Waals surface area contributed by atoms with Gasteiger partial charge in [-0.15, -0.1) is 0 Å². The van der Waals surface area contributed by atoms with Gasteiger partial charge in [-0.25, -0.2) is 29.9 Å². The van der Waals surface area contributed by atoms with E-state index in [0.29, 0.717) is 0 Å². The van der Waals surface area contributed by atoms with Crippen molar-refractivity contribution in [2.45, 2.75) is 0 Å². The van der Waals surface area contributed by atoms with E-state index in [1.807, 2.05) is 92.6 Å². The molecule has 20 rings (SSSR count). The highest BCUT2D eigenvalue weighted by molar-refractivity contribution is 5.89. The zero-order chi connectivity index (χ0) is 80.2. The molecule has 0 spiro atoms. The first-order valence-corrected chi connectivity index (χ1v) is 39.9. The average Bonchev–Trinajstić information content (AvgIpc) is 0.791. The molecular formula is C111H75N9. The minimum absolute atomic E-state index is 0.964. The molecular weight excluding hydrogens is 1460 g/mol. The van der Waals surface area contributed by atoms with Crippen LogP contribution in [0.3, 0.4) is 0 Å². The summed E-state index contributed by atoms with van der Waals surface area (Å²) in [4.78, 5) is 38.5. The van der Waals surface area contributed by atoms with E-state index in [9.17, 15) is 0 Å². The van der Waals surface area contributed by atoms with E-state index in [0.717, 1.165) is 161 Å². The van der Waals surface area contributed by atoms with Gasteiger partial charge in [-0.3, -0.25) is 15.0 Å². The lowest BCUT2D eigenvalue weighted by Gasteiger charge is -2.14. The quantitative estimate of drug-likeness (QED) is 0.0828. The Hall–Kier alpha value is -16.2. The summed E-state index contributed by atoms with van der Waals surface area (Å²) in [5, 5.41) is 0. The third kappa shape index (κ3) is 16.8. The van der Waals surface area contributed by atoms with E-state index >= 15 is 0 Å². The molecule has 564 valence electrons. The highest BCUT2D eigenvalue weighted by Crippen LogP contribution is 2.42. The Kier molecular flexibility index (Phi) is 21.2. The molecule has 9 heteroatoms. The minimum Gasteiger partial charge on any atom is -0.265 e. The first-order valence-electron chi connectivity index (χ1n) is 39.9. The van der Waals surface area contributed by atoms with Gasteiger partial charge in [0.05, 0.1) is 0 Å². The lowest BCUT2D eigenvalue weighted by Crippen LogP contribution is -1.89. The molecule has 0 saturated heterocycles. The molecule has 0 aliphatic rings. The molecule has 6 aromatic heterocycles. The Morgan fingerprint density at radius 2 is 0.233 bits per heavy atom. The smallest absolute Gasteiger partial charge is 0.115 e. The maximum absolute atomic E-state index is 4.48. The average molecular weight is 1530 g/mol. The molecule has 0 N–H and O–H groups in total. The normalized spacial score (nSPS) is 11.0. The number of pyridine rings is 3. The van der Waals surface area contributed by atoms with Crippen molar-refractivity contribution in [3.63, 3.8) is 0 Å². The fraction of sp³-hybridized carbons (Fsp3) is 0. The first kappa shape index (κ1) is 73.9. The van der Waals surface area contributed by atoms with E-state index in [1.165, 1.54) is 38.9 Å². The summed E-state index contributed by atoms with van der Waals surface area (Å²) in [6.07, 6.45) is 27.0. The van der Waals surface area contributed by atoms with Crippen LogP contribution in [-0.2, 0) is 0 Å². The molecule has 6 heterocycles. The van der Waals surface area contributed by atoms with Gasteiger partial charge in [0.25, 0.3) is 0 Å². The fourth-order valence-electron chi connectivity index (χ4n) is 15.8. The second kappa shape index (κ2) is 34.5. The summed E-state index contributed by atoms with van der Waals surface area (Å²) in [6, 6.07) is 131. The van der Waals surface area contributed by atoms with Gasteiger partial charge in [0, 0.05) is 96.6 Å². The van der Waals surface area contributed by atoms with Crippen molar-refractivity contribution in [2.75, 3.05) is 0 Å². The first-order chi connectivity index (χ1) is 59.4. The van der Waals surface area contributed by atoms with Gasteiger partial charge in [0.2, 0.25) is 0 Å². The highest BCUT2D eigenvalue weighted by Gasteiger charge is 2.17. The van der Waals surface area contributed by atoms with E-state index < -0.39 is 0 Å². The zero-order valence-corrected chi connectivity index (χ0v) is 65.3. The van der Waals surface area contributed by atoms with Crippen molar-refractivity contribution >= 4 is 0 Å². The second-order valence-corrected chi connectivity index (χ2v) is 29.7. The van der Waals surface area contributed by atoms with Crippen LogP contribution in [-0.4, -0.2) is 44.9 Å². The van der Waals surface area contributed by atoms with Crippen molar-refractivity contribution in [1.82, 2.24) is 44.9 Å². The zero-order valence-electron chi connectivity index (χ0n) is 65.3. The van der Waals surface area contributed by atoms with Crippen molar-refractivity contribution in [1.29, 1.82) is 0 Å². The molecule has 9 nitrogen and oxygen atoms in total. The third-order valence-electron chi connectivity index (χ3n) is 21.9. The maximum Gasteiger partial charge on any atom is 0.115 e. The molecule has 120 heavy (non-hydrogen) atoms. The predicted octanol–water partition coefficient (Wildman–Crippen LogP) is 27.9. The highest BCUT2D eigenvalue weighted by atomic mass is 14.8. The minimum atomic E-state index is 0.964. The van der Waals surface area contributed by atoms with Crippen LogP contribution >= 0.6 is 0 Å². The molecule has 0 unspecified atom stereocenters. The predicted molar refractivity (Wildman–Crippen MR) is 491 cm³/mol. The Balaban J connectivity index is 0.000000159. The largest absolute Gasteiger partial charge is 0.265 e. The van der Waals surface area contributed by atoms with Crippen molar-refractivity contribution < 1.29 is 0 Å². The van der Waals surface area contributed by atoms with Crippen LogP contribution in [0.15, 0.2) is 457 Å². The topological polar surface area (TPSA) is 116 Å². The van der Waals surface area contributed by atoms with Gasteiger partial charge >= 0.3 is 0 Å². The molecule has 20 aromatic rings. The monoisotopic (exact) mass is 1530 g/mol. The molecule has 0 saturated carbocycles. The van der Waals surface area contributed by atoms with Gasteiger partial charge < -0.3 is 0 Å². The van der Waals surface area contributed by atoms with Gasteiger partial charge in [-0.1, -0.05) is 224 Å². The molecule has 0 radical (unpaired) electrons. The van der Waals surface area contributed by atoms with E-state index in [2.05, 4.69) is 391 Å². The summed E-state index contributed by atoms with van der Waals surface area (Å²) < 4.78 is 0. The van der Waals surface area contributed by atoms with Crippen LogP contribution in [0.4, 0.5) is 0 Å². The molecule has 0 amide bonds. The van der Waals surface area contributed by atoms with Gasteiger partial charge in [0.1, 0.15) is 19.0 Å². The summed E-state index contributed by atoms with van der Waals surface area (Å²) in [6.45, 7) is 0. The van der Waals surface area contributed by atoms with E-state index in [1.54, 1.807) is 19.0 Å². The van der Waals surface area contributed by atoms with Crippen LogP contribution in [0.1, 0.15) is 0 Å². The number of nitrogens with zero attached hydrogens (tertiary/aromatic N) is 9. The Labute approximate surface area is 697 Å². The number of benzene rings is 14. The number of rotatable bonds is 18. The lowest BCUT2D eigenvalue weighted by molar-refractivity contribution is 1.17. The number of aromatic nitrogens is 9. The molecule has 0 aliphatic carbocycles. The van der Waals surface area contributed by atoms with Crippen LogP contribution in [0.5, 0.6) is 0 Å². The molecule has 0 atom stereocenters. The molecule has 0 fully saturated rings. The molecule has 0 aliphatic heterocycles. The van der Waals surface area contributed by atoms with Crippen LogP contribution in [0.25, 0.3) is 200 Å². The van der Waals surface area contributed by atoms with Crippen LogP contribution in [0.2, 0.25) is 0 Å². The van der Waals surface area contributed by atoms with Crippen molar-refractivity contribution in [2.24, 2.45) is 0 Å². The van der Waals surface area contributed by atoms with Gasteiger partial charge in [0.15, 0.2) is 0 Å². The summed E-state index contributed by atoms with van der Waals surface area (Å²) in [5.41, 5.74) is 40.6. The standard InChI is InChI=1S/C56H38N4.C55H37N5/c1-8-40(39-21-24-57-25-22-39)26-41(9-1)42-10-2-11-43(27-42)46-14-4-17-49(29-46)53-32-54(34-55(33-53)52-20-7-23-58-35-52)50-18-5-15-47(30-50)44-12-3-13-45(28-44)48-16-6-19-51(31-48)56-36-59-38-60-37-56;1-7-39(38-19-21-56-22-20-38)23-40(8-1)41-9-2-10-42(24-41)45-13-4-16-48(26-45)51-29-52(31-53(30-51)55-34-59-37-60-35-55)49-17-5-14-46(27-49)43-11-3-12-44(25-43)47-15-6-18-50(28-47)54-32-57-36-58-33-54/h1-38H;1-37H. The van der Waals surface area contributed by atoms with Crippen molar-refractivity contribution in [3.05, 3.63) is 457 Å². The maximum atomic E-state index is 4.48. The SMILES string of the molecule is c1cc(-c2ccncc2)cc(-c2cccc(-c3cccc(-c4cc(-c5cncnc5)cc(-c5cccc(-c6cccc(-c7cccc(-c8cncnc8)c7)c6)c5)c4)c3)c2)c1.c1cncc(-c2cc(-c3cccc(-c4cccc(-c5cccc(-c6ccncc6)c5)c4)c3)cc(-c3cccc(-c4cccc(-c5cccc(-c6cncnc6)c5)c4)c3)c2)c1. The summed E-state index contributed by atoms with van der Waals surface area (Å²) >= 11 is 0. The van der Waals surface area contributed by atoms with E-state index in [-0.39, 0.29) is 0 Å². The molecule has 14 aromatic carbocycles. The third-order valence-corrected chi connectivity index (χ3v) is 21.9. The number of hydrogen-bond donors (Lipinski definition) is 0. The van der Waals surface area contributed by atoms with Gasteiger partial charge in [-0.2, -0.15) is 0 Å². The second-order valence-electron chi connectivity index (χ2n) is 29.7. The number of hydrogen-bond acceptors (Lipinski definition) is 9. The summed E-state index contributed by atoms with van der Waals surface area (Å²) in [5.74, 6) is 0.